The number of aliphatic carboxylic acids is 1. The first-order valence-corrected chi connectivity index (χ1v) is 14.6. The van der Waals surface area contributed by atoms with Crippen molar-refractivity contribution in [2.24, 2.45) is 0 Å². The van der Waals surface area contributed by atoms with Crippen molar-refractivity contribution in [2.45, 2.75) is 50.9 Å². The van der Waals surface area contributed by atoms with Crippen LogP contribution >= 0.6 is 0 Å². The third kappa shape index (κ3) is 8.47. The Morgan fingerprint density at radius 2 is 1.82 bits per heavy atom. The van der Waals surface area contributed by atoms with Gasteiger partial charge in [-0.1, -0.05) is 30.3 Å². The van der Waals surface area contributed by atoms with Gasteiger partial charge in [0.15, 0.2) is 18.1 Å². The Morgan fingerprint density at radius 1 is 1.02 bits per heavy atom. The van der Waals surface area contributed by atoms with Gasteiger partial charge in [-0.2, -0.15) is 0 Å². The molecule has 2 amide bonds. The van der Waals surface area contributed by atoms with Gasteiger partial charge in [-0.3, -0.25) is 19.3 Å². The molecule has 10 nitrogen and oxygen atoms in total. The van der Waals surface area contributed by atoms with E-state index in [1.807, 2.05) is 30.3 Å². The third-order valence-corrected chi connectivity index (χ3v) is 7.70. The first-order chi connectivity index (χ1) is 21.2. The molecule has 5 rings (SSSR count). The zero-order valence-electron chi connectivity index (χ0n) is 24.5. The minimum Gasteiger partial charge on any atom is -0.493 e. The van der Waals surface area contributed by atoms with Crippen molar-refractivity contribution in [1.82, 2.24) is 15.5 Å². The van der Waals surface area contributed by atoms with Crippen molar-refractivity contribution in [3.63, 3.8) is 0 Å². The summed E-state index contributed by atoms with van der Waals surface area (Å²) in [6.07, 6.45) is 0.731. The fourth-order valence-electron chi connectivity index (χ4n) is 5.51. The van der Waals surface area contributed by atoms with Crippen LogP contribution in [-0.2, 0) is 40.3 Å². The van der Waals surface area contributed by atoms with Crippen LogP contribution in [0.5, 0.6) is 17.2 Å². The Kier molecular flexibility index (Phi) is 9.96. The maximum absolute atomic E-state index is 14.6. The summed E-state index contributed by atoms with van der Waals surface area (Å²) in [5.74, 6) is -0.706. The number of halogens is 1. The number of carbonyl (C=O) groups is 3. The van der Waals surface area contributed by atoms with Gasteiger partial charge in [-0.25, -0.2) is 4.39 Å². The largest absolute Gasteiger partial charge is 0.493 e. The van der Waals surface area contributed by atoms with E-state index in [9.17, 15) is 18.8 Å². The molecule has 2 atom stereocenters. The number of nitrogens with one attached hydrogen (secondary N) is 2. The number of nitrogens with zero attached hydrogens (tertiary/aromatic N) is 1. The highest BCUT2D eigenvalue weighted by Crippen LogP contribution is 2.29. The smallest absolute Gasteiger partial charge is 0.307 e. The number of rotatable bonds is 5. The number of carboxylic acid groups (broad SMARTS) is 1. The van der Waals surface area contributed by atoms with E-state index in [1.54, 1.807) is 18.2 Å². The number of piperidine rings is 1. The predicted octanol–water partition coefficient (Wildman–Crippen LogP) is 3.24. The first kappa shape index (κ1) is 30.8. The number of ether oxygens (including phenoxy) is 3. The minimum absolute atomic E-state index is 0.0382. The average Bonchev–Trinajstić information content (AvgIpc) is 2.99. The zero-order valence-corrected chi connectivity index (χ0v) is 24.5. The topological polar surface area (TPSA) is 126 Å². The molecule has 2 aliphatic heterocycles. The number of carbonyl (C=O) groups excluding carboxylic acids is 2. The number of carboxylic acids is 1. The van der Waals surface area contributed by atoms with Gasteiger partial charge in [0.05, 0.1) is 19.6 Å². The van der Waals surface area contributed by atoms with Crippen LogP contribution in [0.2, 0.25) is 0 Å². The number of benzene rings is 3. The highest BCUT2D eigenvalue weighted by Gasteiger charge is 2.32. The number of hydrogen-bond acceptors (Lipinski definition) is 7. The van der Waals surface area contributed by atoms with Crippen molar-refractivity contribution < 1.29 is 38.1 Å². The number of hydrogen-bond donors (Lipinski definition) is 3. The molecule has 3 aromatic rings. The first-order valence-electron chi connectivity index (χ1n) is 14.6. The van der Waals surface area contributed by atoms with E-state index in [2.05, 4.69) is 15.5 Å². The molecule has 11 heteroatoms. The highest BCUT2D eigenvalue weighted by atomic mass is 19.1. The number of fused-ring (bicyclic) bond motifs is 5. The molecular formula is C33H36FN3O7. The molecule has 0 unspecified atom stereocenters. The maximum atomic E-state index is 14.6. The summed E-state index contributed by atoms with van der Waals surface area (Å²) in [5.41, 5.74) is 3.15. The molecule has 2 aliphatic rings. The molecule has 3 aromatic carbocycles. The van der Waals surface area contributed by atoms with Crippen LogP contribution in [-0.4, -0.2) is 66.7 Å². The van der Waals surface area contributed by atoms with Crippen molar-refractivity contribution in [3.8, 4) is 17.2 Å². The average molecular weight is 606 g/mol. The van der Waals surface area contributed by atoms with Crippen LogP contribution in [0, 0.1) is 5.82 Å². The molecule has 0 saturated carbocycles. The Balaban J connectivity index is 1.36. The second-order valence-electron chi connectivity index (χ2n) is 11.1. The Labute approximate surface area is 255 Å². The fraction of sp³-hybridized carbons (Fsp3) is 0.364. The van der Waals surface area contributed by atoms with Crippen LogP contribution in [0.3, 0.4) is 0 Å². The molecule has 232 valence electrons. The molecule has 44 heavy (non-hydrogen) atoms. The number of likely N-dealkylation sites (tertiary alicyclic amines) is 1. The molecule has 0 aliphatic carbocycles. The van der Waals surface area contributed by atoms with Gasteiger partial charge in [0.25, 0.3) is 5.91 Å². The van der Waals surface area contributed by atoms with Gasteiger partial charge >= 0.3 is 5.97 Å². The summed E-state index contributed by atoms with van der Waals surface area (Å²) in [6, 6.07) is 16.7. The SMILES string of the molecule is COc1ccc2cc1OCC(=O)N[C@@H]1CN(Cc3ccc(CC(=O)O)cc3)CC[C@H]1Oc1cc(F)cc(c1)CNC(=O)CC2. The molecular weight excluding hydrogens is 569 g/mol. The van der Waals surface area contributed by atoms with Crippen LogP contribution in [0.25, 0.3) is 0 Å². The number of aryl methyl sites for hydroxylation is 1. The third-order valence-electron chi connectivity index (χ3n) is 7.70. The minimum atomic E-state index is -0.882. The van der Waals surface area contributed by atoms with E-state index in [0.29, 0.717) is 55.3 Å². The lowest BCUT2D eigenvalue weighted by atomic mass is 10.0. The summed E-state index contributed by atoms with van der Waals surface area (Å²) >= 11 is 0. The second-order valence-corrected chi connectivity index (χ2v) is 11.1. The van der Waals surface area contributed by atoms with E-state index in [0.717, 1.165) is 16.7 Å². The van der Waals surface area contributed by atoms with E-state index in [1.165, 1.54) is 19.2 Å². The predicted molar refractivity (Wildman–Crippen MR) is 159 cm³/mol. The normalized spacial score (nSPS) is 19.6. The molecule has 4 bridgehead atoms. The van der Waals surface area contributed by atoms with E-state index in [-0.39, 0.29) is 37.8 Å². The summed E-state index contributed by atoms with van der Waals surface area (Å²) < 4.78 is 32.1. The van der Waals surface area contributed by atoms with Crippen molar-refractivity contribution >= 4 is 17.8 Å². The summed E-state index contributed by atoms with van der Waals surface area (Å²) in [6.45, 7) is 1.60. The van der Waals surface area contributed by atoms with Gasteiger partial charge < -0.3 is 30.0 Å². The molecule has 2 heterocycles. The van der Waals surface area contributed by atoms with Crippen LogP contribution in [0.4, 0.5) is 4.39 Å². The van der Waals surface area contributed by atoms with Gasteiger partial charge in [0, 0.05) is 38.7 Å². The number of methoxy groups -OCH3 is 1. The van der Waals surface area contributed by atoms with Crippen LogP contribution in [0.1, 0.15) is 35.1 Å². The van der Waals surface area contributed by atoms with Gasteiger partial charge in [-0.05, 0) is 59.4 Å². The maximum Gasteiger partial charge on any atom is 0.307 e. The summed E-state index contributed by atoms with van der Waals surface area (Å²) in [4.78, 5) is 38.9. The molecule has 0 spiro atoms. The Hall–Kier alpha value is -4.64. The monoisotopic (exact) mass is 605 g/mol. The fourth-order valence-corrected chi connectivity index (χ4v) is 5.51. The van der Waals surface area contributed by atoms with E-state index >= 15 is 0 Å². The lowest BCUT2D eigenvalue weighted by molar-refractivity contribution is -0.136. The molecule has 1 saturated heterocycles. The van der Waals surface area contributed by atoms with E-state index in [4.69, 9.17) is 19.3 Å². The van der Waals surface area contributed by atoms with Gasteiger partial charge in [-0.15, -0.1) is 0 Å². The summed E-state index contributed by atoms with van der Waals surface area (Å²) in [5, 5.41) is 14.9. The molecule has 0 radical (unpaired) electrons. The standard InChI is InChI=1S/C33H36FN3O7/c1-42-29-8-6-21-7-9-31(38)35-17-24-12-25(34)16-26(13-24)44-28-10-11-37(18-23-4-2-22(3-5-23)15-33(40)41)19-27(28)36-32(39)20-43-30(29)14-21/h2-6,8,12-14,16,27-28H,7,9-11,15,17-20H2,1H3,(H,35,38)(H,36,39)(H,40,41)/t27-,28-/m1/s1. The quantitative estimate of drug-likeness (QED) is 0.405. The van der Waals surface area contributed by atoms with Crippen LogP contribution in [0.15, 0.2) is 60.7 Å². The van der Waals surface area contributed by atoms with Crippen molar-refractivity contribution in [1.29, 1.82) is 0 Å². The van der Waals surface area contributed by atoms with E-state index < -0.39 is 23.9 Å². The van der Waals surface area contributed by atoms with Crippen molar-refractivity contribution in [3.05, 3.63) is 88.7 Å². The zero-order chi connectivity index (χ0) is 31.1. The second kappa shape index (κ2) is 14.2. The molecule has 1 fully saturated rings. The molecule has 0 aromatic heterocycles. The number of amides is 2. The molecule has 3 N–H and O–H groups in total. The Morgan fingerprint density at radius 3 is 2.59 bits per heavy atom. The summed E-state index contributed by atoms with van der Waals surface area (Å²) in [7, 11) is 1.52. The lowest BCUT2D eigenvalue weighted by Crippen LogP contribution is -2.57. The van der Waals surface area contributed by atoms with Crippen molar-refractivity contribution in [2.75, 3.05) is 26.8 Å². The highest BCUT2D eigenvalue weighted by molar-refractivity contribution is 5.78. The van der Waals surface area contributed by atoms with Gasteiger partial charge in [0.1, 0.15) is 17.7 Å². The van der Waals surface area contributed by atoms with Crippen LogP contribution < -0.4 is 24.8 Å². The lowest BCUT2D eigenvalue weighted by Gasteiger charge is -2.39. The van der Waals surface area contributed by atoms with Gasteiger partial charge in [0.2, 0.25) is 5.91 Å². The Bertz CT molecular complexity index is 1500.